The molecule has 19 heavy (non-hydrogen) atoms. The lowest BCUT2D eigenvalue weighted by molar-refractivity contribution is 0.0498. The molecule has 1 aliphatic heterocycles. The van der Waals surface area contributed by atoms with Crippen molar-refractivity contribution < 1.29 is 4.74 Å². The Morgan fingerprint density at radius 3 is 2.89 bits per heavy atom. The largest absolute Gasteiger partial charge is 0.379 e. The summed E-state index contributed by atoms with van der Waals surface area (Å²) in [4.78, 5) is 2.32. The van der Waals surface area contributed by atoms with Crippen molar-refractivity contribution in [2.45, 2.75) is 25.9 Å². The van der Waals surface area contributed by atoms with Gasteiger partial charge in [-0.1, -0.05) is 24.6 Å². The fourth-order valence-corrected chi connectivity index (χ4v) is 3.01. The predicted octanol–water partition coefficient (Wildman–Crippen LogP) is 2.70. The van der Waals surface area contributed by atoms with E-state index in [0.29, 0.717) is 12.5 Å². The molecule has 4 heteroatoms. The number of rotatable bonds is 4. The van der Waals surface area contributed by atoms with E-state index in [1.165, 1.54) is 5.56 Å². The summed E-state index contributed by atoms with van der Waals surface area (Å²) in [5.74, 6) is 0.608. The zero-order chi connectivity index (χ0) is 13.8. The number of hydrogen-bond acceptors (Lipinski definition) is 3. The number of piperidine rings is 1. The SMILES string of the molecule is COC1CN(c2ccc(CCN)cc2Cl)CCC1C. The summed E-state index contributed by atoms with van der Waals surface area (Å²) in [6.07, 6.45) is 2.30. The molecule has 3 nitrogen and oxygen atoms in total. The molecule has 1 aromatic carbocycles. The third kappa shape index (κ3) is 3.41. The van der Waals surface area contributed by atoms with Crippen LogP contribution in [0.5, 0.6) is 0 Å². The molecule has 1 saturated heterocycles. The van der Waals surface area contributed by atoms with Crippen LogP contribution in [0.2, 0.25) is 5.02 Å². The van der Waals surface area contributed by atoms with Crippen molar-refractivity contribution in [1.82, 2.24) is 0 Å². The minimum Gasteiger partial charge on any atom is -0.379 e. The van der Waals surface area contributed by atoms with Gasteiger partial charge in [0.25, 0.3) is 0 Å². The molecule has 0 bridgehead atoms. The van der Waals surface area contributed by atoms with Gasteiger partial charge in [-0.15, -0.1) is 0 Å². The molecule has 2 N–H and O–H groups in total. The van der Waals surface area contributed by atoms with Gasteiger partial charge in [-0.05, 0) is 43.0 Å². The Hall–Kier alpha value is -0.770. The van der Waals surface area contributed by atoms with Crippen molar-refractivity contribution >= 4 is 17.3 Å². The molecule has 1 fully saturated rings. The second-order valence-corrected chi connectivity index (χ2v) is 5.72. The number of ether oxygens (including phenoxy) is 1. The van der Waals surface area contributed by atoms with Gasteiger partial charge in [0.05, 0.1) is 16.8 Å². The third-order valence-corrected chi connectivity index (χ3v) is 4.28. The normalized spacial score (nSPS) is 23.7. The average Bonchev–Trinajstić information content (AvgIpc) is 2.40. The minimum atomic E-state index is 0.286. The van der Waals surface area contributed by atoms with Crippen LogP contribution in [0.1, 0.15) is 18.9 Å². The summed E-state index contributed by atoms with van der Waals surface area (Å²) in [7, 11) is 1.79. The Balaban J connectivity index is 2.13. The topological polar surface area (TPSA) is 38.5 Å². The molecule has 2 rings (SSSR count). The molecule has 1 aromatic rings. The maximum Gasteiger partial charge on any atom is 0.0772 e. The number of halogens is 1. The number of nitrogens with two attached hydrogens (primary N) is 1. The zero-order valence-corrected chi connectivity index (χ0v) is 12.5. The van der Waals surface area contributed by atoms with Crippen LogP contribution in [0.3, 0.4) is 0 Å². The summed E-state index contributed by atoms with van der Waals surface area (Å²) >= 11 is 6.40. The quantitative estimate of drug-likeness (QED) is 0.923. The Kier molecular flexibility index (Phi) is 5.08. The van der Waals surface area contributed by atoms with Crippen molar-refractivity contribution in [3.63, 3.8) is 0 Å². The molecule has 1 aliphatic rings. The predicted molar refractivity (Wildman–Crippen MR) is 81.0 cm³/mol. The summed E-state index contributed by atoms with van der Waals surface area (Å²) in [5, 5.41) is 0.815. The molecular formula is C15H23ClN2O. The maximum absolute atomic E-state index is 6.40. The van der Waals surface area contributed by atoms with Crippen LogP contribution in [0.4, 0.5) is 5.69 Å². The minimum absolute atomic E-state index is 0.286. The van der Waals surface area contributed by atoms with E-state index in [0.717, 1.165) is 36.6 Å². The van der Waals surface area contributed by atoms with Crippen molar-refractivity contribution in [2.24, 2.45) is 11.7 Å². The first-order valence-corrected chi connectivity index (χ1v) is 7.29. The third-order valence-electron chi connectivity index (χ3n) is 3.98. The summed E-state index contributed by atoms with van der Waals surface area (Å²) in [6, 6.07) is 6.26. The summed E-state index contributed by atoms with van der Waals surface area (Å²) in [5.41, 5.74) is 7.88. The van der Waals surface area contributed by atoms with Gasteiger partial charge in [-0.2, -0.15) is 0 Å². The highest BCUT2D eigenvalue weighted by Crippen LogP contribution is 2.31. The number of benzene rings is 1. The van der Waals surface area contributed by atoms with E-state index in [9.17, 15) is 0 Å². The van der Waals surface area contributed by atoms with Crippen molar-refractivity contribution in [2.75, 3.05) is 31.6 Å². The van der Waals surface area contributed by atoms with Crippen LogP contribution in [-0.4, -0.2) is 32.8 Å². The van der Waals surface area contributed by atoms with E-state index in [4.69, 9.17) is 22.1 Å². The summed E-state index contributed by atoms with van der Waals surface area (Å²) < 4.78 is 5.56. The van der Waals surface area contributed by atoms with Crippen LogP contribution in [0.25, 0.3) is 0 Å². The lowest BCUT2D eigenvalue weighted by atomic mass is 9.95. The van der Waals surface area contributed by atoms with Crippen LogP contribution >= 0.6 is 11.6 Å². The lowest BCUT2D eigenvalue weighted by Gasteiger charge is -2.38. The molecule has 2 atom stereocenters. The highest BCUT2D eigenvalue weighted by molar-refractivity contribution is 6.33. The first-order valence-electron chi connectivity index (χ1n) is 6.92. The standard InChI is InChI=1S/C15H23ClN2O/c1-11-6-8-18(10-15(11)19-2)14-4-3-12(5-7-17)9-13(14)16/h3-4,9,11,15H,5-8,10,17H2,1-2H3. The molecule has 2 unspecified atom stereocenters. The molecule has 1 heterocycles. The fraction of sp³-hybridized carbons (Fsp3) is 0.600. The van der Waals surface area contributed by atoms with Crippen molar-refractivity contribution in [1.29, 1.82) is 0 Å². The summed E-state index contributed by atoms with van der Waals surface area (Å²) in [6.45, 7) is 4.85. The van der Waals surface area contributed by atoms with E-state index in [-0.39, 0.29) is 6.10 Å². The second-order valence-electron chi connectivity index (χ2n) is 5.31. The Morgan fingerprint density at radius 2 is 2.26 bits per heavy atom. The Morgan fingerprint density at radius 1 is 1.47 bits per heavy atom. The number of anilines is 1. The van der Waals surface area contributed by atoms with Gasteiger partial charge in [0.1, 0.15) is 0 Å². The van der Waals surface area contributed by atoms with Gasteiger partial charge >= 0.3 is 0 Å². The van der Waals surface area contributed by atoms with Gasteiger partial charge in [0, 0.05) is 20.2 Å². The highest BCUT2D eigenvalue weighted by atomic mass is 35.5. The molecule has 0 aromatic heterocycles. The highest BCUT2D eigenvalue weighted by Gasteiger charge is 2.26. The monoisotopic (exact) mass is 282 g/mol. The van der Waals surface area contributed by atoms with Crippen LogP contribution in [0.15, 0.2) is 18.2 Å². The number of methoxy groups -OCH3 is 1. The molecule has 106 valence electrons. The van der Waals surface area contributed by atoms with Gasteiger partial charge in [0.2, 0.25) is 0 Å². The molecule has 0 spiro atoms. The van der Waals surface area contributed by atoms with E-state index in [2.05, 4.69) is 24.0 Å². The van der Waals surface area contributed by atoms with E-state index >= 15 is 0 Å². The van der Waals surface area contributed by atoms with Gasteiger partial charge in [0.15, 0.2) is 0 Å². The second kappa shape index (κ2) is 6.60. The van der Waals surface area contributed by atoms with E-state index < -0.39 is 0 Å². The van der Waals surface area contributed by atoms with Gasteiger partial charge in [-0.3, -0.25) is 0 Å². The molecule has 0 aliphatic carbocycles. The van der Waals surface area contributed by atoms with E-state index in [1.807, 2.05) is 6.07 Å². The number of hydrogen-bond donors (Lipinski definition) is 1. The van der Waals surface area contributed by atoms with Crippen LogP contribution in [-0.2, 0) is 11.2 Å². The Bertz CT molecular complexity index is 425. The van der Waals surface area contributed by atoms with Gasteiger partial charge < -0.3 is 15.4 Å². The lowest BCUT2D eigenvalue weighted by Crippen LogP contribution is -2.44. The molecule has 0 amide bonds. The Labute approximate surface area is 120 Å². The van der Waals surface area contributed by atoms with Gasteiger partial charge in [-0.25, -0.2) is 0 Å². The molecule has 0 saturated carbocycles. The molecular weight excluding hydrogens is 260 g/mol. The first-order chi connectivity index (χ1) is 9.15. The molecule has 0 radical (unpaired) electrons. The van der Waals surface area contributed by atoms with E-state index in [1.54, 1.807) is 7.11 Å². The smallest absolute Gasteiger partial charge is 0.0772 e. The average molecular weight is 283 g/mol. The number of nitrogens with zero attached hydrogens (tertiary/aromatic N) is 1. The van der Waals surface area contributed by atoms with Crippen molar-refractivity contribution in [3.8, 4) is 0 Å². The maximum atomic E-state index is 6.40. The van der Waals surface area contributed by atoms with Crippen LogP contribution in [0, 0.1) is 5.92 Å². The van der Waals surface area contributed by atoms with Crippen LogP contribution < -0.4 is 10.6 Å². The fourth-order valence-electron chi connectivity index (χ4n) is 2.69. The first kappa shape index (κ1) is 14.6. The van der Waals surface area contributed by atoms with Crippen molar-refractivity contribution in [3.05, 3.63) is 28.8 Å². The zero-order valence-electron chi connectivity index (χ0n) is 11.7.